The highest BCUT2D eigenvalue weighted by atomic mass is 28.3. The van der Waals surface area contributed by atoms with E-state index in [1.807, 2.05) is 25.1 Å². The van der Waals surface area contributed by atoms with E-state index in [0.29, 0.717) is 0 Å². The third-order valence-corrected chi connectivity index (χ3v) is 4.47. The molecule has 0 heterocycles. The maximum atomic E-state index is 11.7. The van der Waals surface area contributed by atoms with Crippen molar-refractivity contribution in [2.45, 2.75) is 46.3 Å². The van der Waals surface area contributed by atoms with Crippen LogP contribution < -0.4 is 0 Å². The van der Waals surface area contributed by atoms with E-state index in [0.717, 1.165) is 12.3 Å². The van der Waals surface area contributed by atoms with Crippen molar-refractivity contribution < 1.29 is 9.59 Å². The van der Waals surface area contributed by atoms with Gasteiger partial charge in [0.15, 0.2) is 8.96 Å². The number of carbonyl (C=O) groups excluding carboxylic acids is 2. The Kier molecular flexibility index (Phi) is 7.01. The highest BCUT2D eigenvalue weighted by Gasteiger charge is 2.12. The lowest BCUT2D eigenvalue weighted by atomic mass is 10.1. The molecule has 0 bridgehead atoms. The van der Waals surface area contributed by atoms with Gasteiger partial charge >= 0.3 is 0 Å². The molecular formula is C16H24N2O2Si. The standard InChI is InChI=1S/C16H24N2O2Si/c1-13(10-16(20)11-14(2)19)17-18(21(3)4)12-15-8-6-5-7-9-15/h5-9,21H,10-12H2,1-4H3. The zero-order valence-corrected chi connectivity index (χ0v) is 14.5. The van der Waals surface area contributed by atoms with Crippen molar-refractivity contribution >= 4 is 26.2 Å². The van der Waals surface area contributed by atoms with Crippen molar-refractivity contribution in [3.8, 4) is 0 Å². The molecule has 0 saturated carbocycles. The van der Waals surface area contributed by atoms with E-state index in [1.165, 1.54) is 12.5 Å². The molecule has 1 rings (SSSR count). The Balaban J connectivity index is 2.70. The minimum atomic E-state index is -1.12. The summed E-state index contributed by atoms with van der Waals surface area (Å²) in [4.78, 5) is 22.6. The summed E-state index contributed by atoms with van der Waals surface area (Å²) in [5.41, 5.74) is 1.99. The second-order valence-electron chi connectivity index (χ2n) is 5.61. The van der Waals surface area contributed by atoms with Crippen LogP contribution in [0.25, 0.3) is 0 Å². The van der Waals surface area contributed by atoms with E-state index in [2.05, 4.69) is 35.0 Å². The summed E-state index contributed by atoms with van der Waals surface area (Å²) < 4.78 is 2.10. The minimum absolute atomic E-state index is 0.00462. The van der Waals surface area contributed by atoms with Crippen LogP contribution in [-0.4, -0.2) is 30.9 Å². The molecule has 0 aliphatic heterocycles. The zero-order valence-electron chi connectivity index (χ0n) is 13.3. The van der Waals surface area contributed by atoms with Gasteiger partial charge in [0.1, 0.15) is 11.6 Å². The van der Waals surface area contributed by atoms with Crippen molar-refractivity contribution in [3.63, 3.8) is 0 Å². The van der Waals surface area contributed by atoms with E-state index in [-0.39, 0.29) is 24.4 Å². The second-order valence-corrected chi connectivity index (χ2v) is 8.39. The van der Waals surface area contributed by atoms with Crippen molar-refractivity contribution in [3.05, 3.63) is 35.9 Å². The molecule has 5 heteroatoms. The van der Waals surface area contributed by atoms with Crippen LogP contribution in [0.15, 0.2) is 35.4 Å². The van der Waals surface area contributed by atoms with Gasteiger partial charge < -0.3 is 4.67 Å². The smallest absolute Gasteiger partial charge is 0.157 e. The summed E-state index contributed by atoms with van der Waals surface area (Å²) in [7, 11) is -1.12. The Morgan fingerprint density at radius 1 is 1.10 bits per heavy atom. The summed E-state index contributed by atoms with van der Waals surface area (Å²) in [5.74, 6) is -0.152. The van der Waals surface area contributed by atoms with Crippen LogP contribution in [-0.2, 0) is 16.1 Å². The molecule has 0 radical (unpaired) electrons. The Morgan fingerprint density at radius 2 is 1.71 bits per heavy atom. The third kappa shape index (κ3) is 6.99. The number of carbonyl (C=O) groups is 2. The first-order valence-corrected chi connectivity index (χ1v) is 10.1. The molecule has 0 N–H and O–H groups in total. The van der Waals surface area contributed by atoms with E-state index < -0.39 is 8.96 Å². The maximum Gasteiger partial charge on any atom is 0.157 e. The van der Waals surface area contributed by atoms with Gasteiger partial charge in [-0.3, -0.25) is 9.59 Å². The molecule has 1 aromatic carbocycles. The van der Waals surface area contributed by atoms with Gasteiger partial charge in [0, 0.05) is 12.1 Å². The summed E-state index contributed by atoms with van der Waals surface area (Å²) in [6, 6.07) is 10.2. The quantitative estimate of drug-likeness (QED) is 0.321. The van der Waals surface area contributed by atoms with Crippen LogP contribution in [0.3, 0.4) is 0 Å². The number of Topliss-reactive ketones (excluding diaryl/α,β-unsaturated/α-hetero) is 2. The predicted octanol–water partition coefficient (Wildman–Crippen LogP) is 2.79. The molecule has 0 unspecified atom stereocenters. The second kappa shape index (κ2) is 8.52. The van der Waals surface area contributed by atoms with Crippen LogP contribution in [0.5, 0.6) is 0 Å². The summed E-state index contributed by atoms with van der Waals surface area (Å²) in [5, 5.41) is 4.60. The average molecular weight is 304 g/mol. The fourth-order valence-corrected chi connectivity index (χ4v) is 2.99. The average Bonchev–Trinajstić information content (AvgIpc) is 2.37. The normalized spacial score (nSPS) is 11.6. The number of ketones is 2. The minimum Gasteiger partial charge on any atom is -0.324 e. The van der Waals surface area contributed by atoms with Gasteiger partial charge in [-0.2, -0.15) is 5.10 Å². The number of rotatable bonds is 8. The van der Waals surface area contributed by atoms with Gasteiger partial charge in [-0.05, 0) is 19.4 Å². The van der Waals surface area contributed by atoms with Gasteiger partial charge in [-0.15, -0.1) is 0 Å². The monoisotopic (exact) mass is 304 g/mol. The molecule has 114 valence electrons. The summed E-state index contributed by atoms with van der Waals surface area (Å²) in [6.07, 6.45) is 0.261. The van der Waals surface area contributed by atoms with Crippen molar-refractivity contribution in [2.24, 2.45) is 5.10 Å². The molecule has 0 aliphatic carbocycles. The first-order chi connectivity index (χ1) is 9.88. The van der Waals surface area contributed by atoms with Crippen LogP contribution >= 0.6 is 0 Å². The summed E-state index contributed by atoms with van der Waals surface area (Å²) >= 11 is 0. The Labute approximate surface area is 128 Å². The topological polar surface area (TPSA) is 49.7 Å². The first kappa shape index (κ1) is 17.3. The van der Waals surface area contributed by atoms with Gasteiger partial charge in [0.2, 0.25) is 0 Å². The Morgan fingerprint density at radius 3 is 2.24 bits per heavy atom. The molecular weight excluding hydrogens is 280 g/mol. The summed E-state index contributed by atoms with van der Waals surface area (Å²) in [6.45, 7) is 8.47. The molecule has 0 spiro atoms. The highest BCUT2D eigenvalue weighted by Crippen LogP contribution is 2.08. The SMILES string of the molecule is CC(=O)CC(=O)CC(C)=NN(Cc1ccccc1)[SiH](C)C. The van der Waals surface area contributed by atoms with Crippen molar-refractivity contribution in [1.29, 1.82) is 0 Å². The van der Waals surface area contributed by atoms with E-state index in [4.69, 9.17) is 0 Å². The van der Waals surface area contributed by atoms with Crippen LogP contribution in [0.1, 0.15) is 32.3 Å². The van der Waals surface area contributed by atoms with Crippen LogP contribution in [0.2, 0.25) is 13.1 Å². The highest BCUT2D eigenvalue weighted by molar-refractivity contribution is 6.52. The molecule has 1 aromatic rings. The molecule has 21 heavy (non-hydrogen) atoms. The number of hydrogen-bond donors (Lipinski definition) is 0. The fourth-order valence-electron chi connectivity index (χ4n) is 1.98. The van der Waals surface area contributed by atoms with Gasteiger partial charge in [-0.1, -0.05) is 43.4 Å². The molecule has 0 amide bonds. The lowest BCUT2D eigenvalue weighted by Crippen LogP contribution is -2.30. The molecule has 0 atom stereocenters. The maximum absolute atomic E-state index is 11.7. The van der Waals surface area contributed by atoms with E-state index >= 15 is 0 Å². The van der Waals surface area contributed by atoms with Crippen LogP contribution in [0.4, 0.5) is 0 Å². The molecule has 0 aromatic heterocycles. The molecule has 4 nitrogen and oxygen atoms in total. The lowest BCUT2D eigenvalue weighted by Gasteiger charge is -2.24. The fraction of sp³-hybridized carbons (Fsp3) is 0.438. The number of nitrogens with zero attached hydrogens (tertiary/aromatic N) is 2. The van der Waals surface area contributed by atoms with Crippen molar-refractivity contribution in [1.82, 2.24) is 4.67 Å². The van der Waals surface area contributed by atoms with Gasteiger partial charge in [0.05, 0.1) is 13.0 Å². The van der Waals surface area contributed by atoms with Gasteiger partial charge in [0.25, 0.3) is 0 Å². The van der Waals surface area contributed by atoms with E-state index in [9.17, 15) is 9.59 Å². The number of benzene rings is 1. The first-order valence-electron chi connectivity index (χ1n) is 7.24. The molecule has 0 aliphatic rings. The van der Waals surface area contributed by atoms with Gasteiger partial charge in [-0.25, -0.2) is 0 Å². The molecule has 0 fully saturated rings. The molecule has 0 saturated heterocycles. The van der Waals surface area contributed by atoms with Crippen LogP contribution in [0, 0.1) is 0 Å². The number of hydrazone groups is 1. The van der Waals surface area contributed by atoms with Crippen molar-refractivity contribution in [2.75, 3.05) is 0 Å². The van der Waals surface area contributed by atoms with E-state index in [1.54, 1.807) is 0 Å². The zero-order chi connectivity index (χ0) is 15.8. The Hall–Kier alpha value is -1.75. The lowest BCUT2D eigenvalue weighted by molar-refractivity contribution is -0.125. The Bertz CT molecular complexity index is 512. The largest absolute Gasteiger partial charge is 0.324 e. The third-order valence-electron chi connectivity index (χ3n) is 2.98. The number of hydrogen-bond acceptors (Lipinski definition) is 4. The predicted molar refractivity (Wildman–Crippen MR) is 88.9 cm³/mol.